The minimum Gasteiger partial charge on any atom is -0.385 e. The van der Waals surface area contributed by atoms with Crippen LogP contribution >= 0.6 is 23.1 Å². The lowest BCUT2D eigenvalue weighted by Crippen LogP contribution is -2.22. The highest BCUT2D eigenvalue weighted by Gasteiger charge is 2.02. The minimum atomic E-state index is 0.678. The van der Waals surface area contributed by atoms with E-state index in [4.69, 9.17) is 4.74 Å². The zero-order valence-corrected chi connectivity index (χ0v) is 11.7. The SMILES string of the molecule is COCCCSC(C)CNCc1cccs1. The first-order chi connectivity index (χ1) is 7.83. The van der Waals surface area contributed by atoms with Gasteiger partial charge in [-0.15, -0.1) is 11.3 Å². The fourth-order valence-corrected chi connectivity index (χ4v) is 2.96. The lowest BCUT2D eigenvalue weighted by molar-refractivity contribution is 0.200. The van der Waals surface area contributed by atoms with Gasteiger partial charge in [0.05, 0.1) is 0 Å². The molecule has 2 nitrogen and oxygen atoms in total. The molecule has 4 heteroatoms. The summed E-state index contributed by atoms with van der Waals surface area (Å²) in [4.78, 5) is 1.41. The summed E-state index contributed by atoms with van der Waals surface area (Å²) in [5.41, 5.74) is 0. The molecule has 0 aliphatic rings. The smallest absolute Gasteiger partial charge is 0.0470 e. The van der Waals surface area contributed by atoms with Gasteiger partial charge >= 0.3 is 0 Å². The molecule has 0 saturated heterocycles. The van der Waals surface area contributed by atoms with E-state index in [2.05, 4.69) is 29.8 Å². The molecule has 1 aromatic heterocycles. The Hall–Kier alpha value is -0.0300. The first kappa shape index (κ1) is 14.0. The first-order valence-electron chi connectivity index (χ1n) is 5.66. The van der Waals surface area contributed by atoms with Crippen molar-refractivity contribution < 1.29 is 4.74 Å². The highest BCUT2D eigenvalue weighted by atomic mass is 32.2. The number of rotatable bonds is 9. The summed E-state index contributed by atoms with van der Waals surface area (Å²) in [5, 5.41) is 6.29. The van der Waals surface area contributed by atoms with Crippen LogP contribution in [0.2, 0.25) is 0 Å². The van der Waals surface area contributed by atoms with Gasteiger partial charge in [-0.25, -0.2) is 0 Å². The first-order valence-corrected chi connectivity index (χ1v) is 7.59. The van der Waals surface area contributed by atoms with E-state index in [1.54, 1.807) is 7.11 Å². The molecule has 0 fully saturated rings. The molecule has 0 aromatic carbocycles. The largest absolute Gasteiger partial charge is 0.385 e. The molecule has 0 aliphatic carbocycles. The van der Waals surface area contributed by atoms with Gasteiger partial charge in [0.15, 0.2) is 0 Å². The maximum absolute atomic E-state index is 5.03. The molecule has 0 bridgehead atoms. The molecule has 16 heavy (non-hydrogen) atoms. The van der Waals surface area contributed by atoms with E-state index in [-0.39, 0.29) is 0 Å². The number of thiophene rings is 1. The Morgan fingerprint density at radius 2 is 2.44 bits per heavy atom. The fraction of sp³-hybridized carbons (Fsp3) is 0.667. The zero-order chi connectivity index (χ0) is 11.6. The number of ether oxygens (including phenoxy) is 1. The van der Waals surface area contributed by atoms with Crippen molar-refractivity contribution in [2.24, 2.45) is 0 Å². The third kappa shape index (κ3) is 6.53. The van der Waals surface area contributed by atoms with Crippen molar-refractivity contribution in [3.05, 3.63) is 22.4 Å². The Kier molecular flexibility index (Phi) is 7.93. The predicted molar refractivity (Wildman–Crippen MR) is 74.4 cm³/mol. The van der Waals surface area contributed by atoms with Crippen LogP contribution in [0.15, 0.2) is 17.5 Å². The molecule has 1 rings (SSSR count). The van der Waals surface area contributed by atoms with Crippen molar-refractivity contribution in [2.75, 3.05) is 26.0 Å². The van der Waals surface area contributed by atoms with Crippen molar-refractivity contribution in [3.8, 4) is 0 Å². The summed E-state index contributed by atoms with van der Waals surface area (Å²) in [6.45, 7) is 5.23. The third-order valence-corrected chi connectivity index (χ3v) is 4.34. The molecule has 1 unspecified atom stereocenters. The second kappa shape index (κ2) is 9.05. The Labute approximate surface area is 107 Å². The van der Waals surface area contributed by atoms with Crippen molar-refractivity contribution >= 4 is 23.1 Å². The summed E-state index contributed by atoms with van der Waals surface area (Å²) in [7, 11) is 1.76. The Morgan fingerprint density at radius 1 is 1.56 bits per heavy atom. The van der Waals surface area contributed by atoms with E-state index in [0.29, 0.717) is 5.25 Å². The summed E-state index contributed by atoms with van der Waals surface area (Å²) in [6, 6.07) is 4.28. The molecule has 92 valence electrons. The number of hydrogen-bond acceptors (Lipinski definition) is 4. The van der Waals surface area contributed by atoms with Gasteiger partial charge in [-0.1, -0.05) is 13.0 Å². The maximum atomic E-state index is 5.03. The van der Waals surface area contributed by atoms with Crippen molar-refractivity contribution in [1.82, 2.24) is 5.32 Å². The van der Waals surface area contributed by atoms with Gasteiger partial charge in [-0.3, -0.25) is 0 Å². The number of hydrogen-bond donors (Lipinski definition) is 1. The third-order valence-electron chi connectivity index (χ3n) is 2.21. The molecular formula is C12H21NOS2. The molecular weight excluding hydrogens is 238 g/mol. The lowest BCUT2D eigenvalue weighted by Gasteiger charge is -2.11. The van der Waals surface area contributed by atoms with Gasteiger partial charge in [0.2, 0.25) is 0 Å². The highest BCUT2D eigenvalue weighted by Crippen LogP contribution is 2.12. The van der Waals surface area contributed by atoms with Gasteiger partial charge in [0.25, 0.3) is 0 Å². The van der Waals surface area contributed by atoms with Crippen LogP contribution in [0.1, 0.15) is 18.2 Å². The zero-order valence-electron chi connectivity index (χ0n) is 10.1. The number of thioether (sulfide) groups is 1. The van der Waals surface area contributed by atoms with Crippen LogP contribution in [-0.2, 0) is 11.3 Å². The van der Waals surface area contributed by atoms with E-state index in [0.717, 1.165) is 26.1 Å². The fourth-order valence-electron chi connectivity index (χ4n) is 1.36. The van der Waals surface area contributed by atoms with E-state index < -0.39 is 0 Å². The summed E-state index contributed by atoms with van der Waals surface area (Å²) >= 11 is 3.83. The topological polar surface area (TPSA) is 21.3 Å². The number of nitrogens with one attached hydrogen (secondary N) is 1. The Bertz CT molecular complexity index is 252. The van der Waals surface area contributed by atoms with Gasteiger partial charge < -0.3 is 10.1 Å². The summed E-state index contributed by atoms with van der Waals surface area (Å²) in [5.74, 6) is 1.19. The van der Waals surface area contributed by atoms with Crippen LogP contribution in [0.5, 0.6) is 0 Å². The molecule has 0 aliphatic heterocycles. The highest BCUT2D eigenvalue weighted by molar-refractivity contribution is 7.99. The van der Waals surface area contributed by atoms with Gasteiger partial charge in [-0.05, 0) is 23.6 Å². The van der Waals surface area contributed by atoms with Crippen LogP contribution in [0, 0.1) is 0 Å². The van der Waals surface area contributed by atoms with Crippen LogP contribution in [-0.4, -0.2) is 31.3 Å². The second-order valence-corrected chi connectivity index (χ2v) is 6.32. The van der Waals surface area contributed by atoms with Crippen LogP contribution in [0.4, 0.5) is 0 Å². The Balaban J connectivity index is 1.95. The summed E-state index contributed by atoms with van der Waals surface area (Å²) in [6.07, 6.45) is 1.15. The minimum absolute atomic E-state index is 0.678. The molecule has 0 saturated carbocycles. The maximum Gasteiger partial charge on any atom is 0.0470 e. The molecule has 0 amide bonds. The summed E-state index contributed by atoms with van der Waals surface area (Å²) < 4.78 is 5.03. The molecule has 1 atom stereocenters. The lowest BCUT2D eigenvalue weighted by atomic mass is 10.4. The van der Waals surface area contributed by atoms with Crippen molar-refractivity contribution in [2.45, 2.75) is 25.1 Å². The molecule has 0 spiro atoms. The average molecular weight is 259 g/mol. The molecule has 0 radical (unpaired) electrons. The van der Waals surface area contributed by atoms with E-state index >= 15 is 0 Å². The molecule has 1 heterocycles. The second-order valence-electron chi connectivity index (χ2n) is 3.74. The van der Waals surface area contributed by atoms with Crippen LogP contribution < -0.4 is 5.32 Å². The molecule has 1 aromatic rings. The predicted octanol–water partition coefficient (Wildman–Crippen LogP) is 3.00. The van der Waals surface area contributed by atoms with Crippen LogP contribution in [0.25, 0.3) is 0 Å². The van der Waals surface area contributed by atoms with Crippen molar-refractivity contribution in [1.29, 1.82) is 0 Å². The number of methoxy groups -OCH3 is 1. The quantitative estimate of drug-likeness (QED) is 0.689. The standard InChI is InChI=1S/C12H21NOS2/c1-11(15-8-4-6-14-2)9-13-10-12-5-3-7-16-12/h3,5,7,11,13H,4,6,8-10H2,1-2H3. The van der Waals surface area contributed by atoms with Crippen molar-refractivity contribution in [3.63, 3.8) is 0 Å². The Morgan fingerprint density at radius 3 is 3.12 bits per heavy atom. The normalized spacial score (nSPS) is 12.9. The van der Waals surface area contributed by atoms with E-state index in [1.165, 1.54) is 10.6 Å². The molecule has 1 N–H and O–H groups in total. The monoisotopic (exact) mass is 259 g/mol. The van der Waals surface area contributed by atoms with E-state index in [9.17, 15) is 0 Å². The van der Waals surface area contributed by atoms with Gasteiger partial charge in [-0.2, -0.15) is 11.8 Å². The van der Waals surface area contributed by atoms with Gasteiger partial charge in [0, 0.05) is 36.9 Å². The van der Waals surface area contributed by atoms with E-state index in [1.807, 2.05) is 23.1 Å². The van der Waals surface area contributed by atoms with Crippen LogP contribution in [0.3, 0.4) is 0 Å². The average Bonchev–Trinajstić information content (AvgIpc) is 2.77. The van der Waals surface area contributed by atoms with Gasteiger partial charge in [0.1, 0.15) is 0 Å².